The maximum atomic E-state index is 15.2. The molecular weight excluding hydrogens is 526 g/mol. The second kappa shape index (κ2) is 11.4. The molecule has 3 aromatic rings. The molecule has 2 aromatic carbocycles. The SMILES string of the molecule is Nc1ccc(/C=C/C(=O)NCC2Cc3cc(-c4c(F)cc(C(=O)N5CCCCC5)cc4F)cc(Cl)c3O2)cn1. The monoisotopic (exact) mass is 552 g/mol. The Kier molecular flexibility index (Phi) is 7.79. The number of amides is 2. The Labute approximate surface area is 229 Å². The molecule has 1 atom stereocenters. The molecule has 2 amide bonds. The summed E-state index contributed by atoms with van der Waals surface area (Å²) in [5.74, 6) is -1.55. The summed E-state index contributed by atoms with van der Waals surface area (Å²) in [6.07, 6.45) is 7.35. The van der Waals surface area contributed by atoms with Crippen LogP contribution in [0.4, 0.5) is 14.6 Å². The van der Waals surface area contributed by atoms with Crippen LogP contribution < -0.4 is 15.8 Å². The quantitative estimate of drug-likeness (QED) is 0.418. The highest BCUT2D eigenvalue weighted by atomic mass is 35.5. The number of ether oxygens (including phenoxy) is 1. The van der Waals surface area contributed by atoms with Crippen molar-refractivity contribution in [3.05, 3.63) is 82.0 Å². The molecule has 39 heavy (non-hydrogen) atoms. The number of carbonyl (C=O) groups excluding carboxylic acids is 2. The molecule has 1 aromatic heterocycles. The molecule has 7 nitrogen and oxygen atoms in total. The van der Waals surface area contributed by atoms with E-state index in [0.717, 1.165) is 37.0 Å². The van der Waals surface area contributed by atoms with Crippen molar-refractivity contribution in [2.45, 2.75) is 31.8 Å². The third-order valence-electron chi connectivity index (χ3n) is 6.81. The molecule has 202 valence electrons. The Hall–Kier alpha value is -3.98. The van der Waals surface area contributed by atoms with E-state index in [1.807, 2.05) is 0 Å². The van der Waals surface area contributed by atoms with Crippen LogP contribution in [0.2, 0.25) is 5.02 Å². The summed E-state index contributed by atoms with van der Waals surface area (Å²) in [5, 5.41) is 2.98. The summed E-state index contributed by atoms with van der Waals surface area (Å²) in [6.45, 7) is 1.38. The standard InChI is InChI=1S/C29H27ClF2N4O3/c30-22-12-18(27-23(31)13-20(14-24(27)32)29(38)36-8-2-1-3-9-36)10-19-11-21(39-28(19)22)16-35-26(37)7-5-17-4-6-25(33)34-15-17/h4-7,10,12-15,21H,1-3,8-9,11,16H2,(H2,33,34)(H,35,37)/b7-5+. The maximum Gasteiger partial charge on any atom is 0.254 e. The zero-order chi connectivity index (χ0) is 27.5. The Bertz CT molecular complexity index is 1420. The lowest BCUT2D eigenvalue weighted by atomic mass is 9.98. The van der Waals surface area contributed by atoms with E-state index in [1.165, 1.54) is 12.1 Å². The van der Waals surface area contributed by atoms with Gasteiger partial charge in [-0.2, -0.15) is 0 Å². The van der Waals surface area contributed by atoms with Crippen LogP contribution in [0, 0.1) is 11.6 Å². The first-order chi connectivity index (χ1) is 18.8. The van der Waals surface area contributed by atoms with Crippen molar-refractivity contribution in [2.24, 2.45) is 0 Å². The summed E-state index contributed by atoms with van der Waals surface area (Å²) in [4.78, 5) is 30.6. The summed E-state index contributed by atoms with van der Waals surface area (Å²) >= 11 is 6.43. The van der Waals surface area contributed by atoms with Crippen LogP contribution in [0.1, 0.15) is 40.7 Å². The fraction of sp³-hybridized carbons (Fsp3) is 0.276. The summed E-state index contributed by atoms with van der Waals surface area (Å²) < 4.78 is 36.2. The van der Waals surface area contributed by atoms with Gasteiger partial charge in [0.2, 0.25) is 5.91 Å². The lowest BCUT2D eigenvalue weighted by Gasteiger charge is -2.26. The molecule has 1 fully saturated rings. The molecule has 0 radical (unpaired) electrons. The summed E-state index contributed by atoms with van der Waals surface area (Å²) in [5.41, 5.74) is 6.94. The first-order valence-electron chi connectivity index (χ1n) is 12.7. The van der Waals surface area contributed by atoms with Crippen molar-refractivity contribution in [3.63, 3.8) is 0 Å². The molecule has 0 spiro atoms. The van der Waals surface area contributed by atoms with E-state index in [4.69, 9.17) is 22.1 Å². The number of rotatable bonds is 6. The number of pyridine rings is 1. The third-order valence-corrected chi connectivity index (χ3v) is 7.09. The number of carbonyl (C=O) groups is 2. The molecular formula is C29H27ClF2N4O3. The maximum absolute atomic E-state index is 15.2. The number of aromatic nitrogens is 1. The number of nitrogens with one attached hydrogen (secondary N) is 1. The van der Waals surface area contributed by atoms with Gasteiger partial charge in [0.05, 0.1) is 17.1 Å². The van der Waals surface area contributed by atoms with Crippen molar-refractivity contribution in [2.75, 3.05) is 25.4 Å². The van der Waals surface area contributed by atoms with Gasteiger partial charge < -0.3 is 20.7 Å². The summed E-state index contributed by atoms with van der Waals surface area (Å²) in [7, 11) is 0. The van der Waals surface area contributed by atoms with Crippen LogP contribution in [-0.4, -0.2) is 47.4 Å². The lowest BCUT2D eigenvalue weighted by molar-refractivity contribution is -0.116. The molecule has 0 saturated carbocycles. The average molecular weight is 553 g/mol. The van der Waals surface area contributed by atoms with Crippen molar-refractivity contribution in [1.82, 2.24) is 15.2 Å². The minimum absolute atomic E-state index is 0.0104. The van der Waals surface area contributed by atoms with Crippen LogP contribution in [0.15, 0.2) is 48.7 Å². The van der Waals surface area contributed by atoms with Crippen molar-refractivity contribution in [1.29, 1.82) is 0 Å². The Balaban J connectivity index is 1.26. The molecule has 10 heteroatoms. The molecule has 3 N–H and O–H groups in total. The van der Waals surface area contributed by atoms with Gasteiger partial charge in [0.1, 0.15) is 29.3 Å². The predicted molar refractivity (Wildman–Crippen MR) is 145 cm³/mol. The molecule has 2 aliphatic rings. The van der Waals surface area contributed by atoms with E-state index in [-0.39, 0.29) is 40.1 Å². The Morgan fingerprint density at radius 1 is 1.13 bits per heavy atom. The van der Waals surface area contributed by atoms with Crippen molar-refractivity contribution >= 4 is 35.3 Å². The van der Waals surface area contributed by atoms with E-state index in [2.05, 4.69) is 10.3 Å². The first-order valence-corrected chi connectivity index (χ1v) is 13.1. The first kappa shape index (κ1) is 26.6. The van der Waals surface area contributed by atoms with Crippen LogP contribution in [0.3, 0.4) is 0 Å². The fourth-order valence-electron chi connectivity index (χ4n) is 4.86. The molecule has 1 saturated heterocycles. The molecule has 1 unspecified atom stereocenters. The second-order valence-corrected chi connectivity index (χ2v) is 10.1. The van der Waals surface area contributed by atoms with E-state index >= 15 is 8.78 Å². The number of piperidine rings is 1. The van der Waals surface area contributed by atoms with E-state index in [1.54, 1.807) is 35.4 Å². The lowest BCUT2D eigenvalue weighted by Crippen LogP contribution is -2.35. The van der Waals surface area contributed by atoms with Gasteiger partial charge in [-0.25, -0.2) is 13.8 Å². The number of nitrogens with zero attached hydrogens (tertiary/aromatic N) is 2. The van der Waals surface area contributed by atoms with Crippen LogP contribution in [0.5, 0.6) is 5.75 Å². The van der Waals surface area contributed by atoms with Crippen LogP contribution >= 0.6 is 11.6 Å². The molecule has 3 heterocycles. The normalized spacial score (nSPS) is 16.7. The van der Waals surface area contributed by atoms with Crippen LogP contribution in [0.25, 0.3) is 17.2 Å². The van der Waals surface area contributed by atoms with E-state index in [9.17, 15) is 9.59 Å². The average Bonchev–Trinajstić information content (AvgIpc) is 3.35. The number of hydrogen-bond donors (Lipinski definition) is 2. The van der Waals surface area contributed by atoms with E-state index < -0.39 is 17.7 Å². The fourth-order valence-corrected chi connectivity index (χ4v) is 5.14. The van der Waals surface area contributed by atoms with E-state index in [0.29, 0.717) is 36.6 Å². The third kappa shape index (κ3) is 6.04. The number of nitrogens with two attached hydrogens (primary N) is 1. The van der Waals surface area contributed by atoms with Crippen LogP contribution in [-0.2, 0) is 11.2 Å². The highest BCUT2D eigenvalue weighted by Crippen LogP contribution is 2.41. The van der Waals surface area contributed by atoms with Crippen molar-refractivity contribution in [3.8, 4) is 16.9 Å². The van der Waals surface area contributed by atoms with Gasteiger partial charge in [0.15, 0.2) is 0 Å². The minimum atomic E-state index is -0.836. The van der Waals surface area contributed by atoms with Gasteiger partial charge >= 0.3 is 0 Å². The summed E-state index contributed by atoms with van der Waals surface area (Å²) in [6, 6.07) is 8.62. The number of likely N-dealkylation sites (tertiary alicyclic amines) is 1. The highest BCUT2D eigenvalue weighted by Gasteiger charge is 2.28. The predicted octanol–water partition coefficient (Wildman–Crippen LogP) is 5.02. The van der Waals surface area contributed by atoms with Crippen molar-refractivity contribution < 1.29 is 23.1 Å². The molecule has 0 aliphatic carbocycles. The second-order valence-electron chi connectivity index (χ2n) is 9.65. The number of hydrogen-bond acceptors (Lipinski definition) is 5. The Morgan fingerprint density at radius 3 is 2.56 bits per heavy atom. The topological polar surface area (TPSA) is 97.5 Å². The number of fused-ring (bicyclic) bond motifs is 1. The number of halogens is 3. The number of anilines is 1. The van der Waals surface area contributed by atoms with Gasteiger partial charge in [-0.15, -0.1) is 0 Å². The zero-order valence-corrected chi connectivity index (χ0v) is 21.8. The molecule has 0 bridgehead atoms. The largest absolute Gasteiger partial charge is 0.486 e. The van der Waals surface area contributed by atoms with Gasteiger partial charge in [0, 0.05) is 42.9 Å². The van der Waals surface area contributed by atoms with Gasteiger partial charge in [-0.05, 0) is 72.9 Å². The van der Waals surface area contributed by atoms with Gasteiger partial charge in [0.25, 0.3) is 5.91 Å². The molecule has 5 rings (SSSR count). The number of nitrogen functional groups attached to an aromatic ring is 1. The smallest absolute Gasteiger partial charge is 0.254 e. The Morgan fingerprint density at radius 2 is 1.87 bits per heavy atom. The van der Waals surface area contributed by atoms with Gasteiger partial charge in [-0.3, -0.25) is 9.59 Å². The van der Waals surface area contributed by atoms with Gasteiger partial charge in [-0.1, -0.05) is 11.6 Å². The number of benzene rings is 2. The molecule has 2 aliphatic heterocycles. The minimum Gasteiger partial charge on any atom is -0.486 e. The zero-order valence-electron chi connectivity index (χ0n) is 21.1. The highest BCUT2D eigenvalue weighted by molar-refractivity contribution is 6.32.